The second-order valence-corrected chi connectivity index (χ2v) is 8.16. The maximum absolute atomic E-state index is 13.1. The first-order chi connectivity index (χ1) is 13.8. The molecule has 5 rings (SSSR count). The van der Waals surface area contributed by atoms with Gasteiger partial charge in [-0.2, -0.15) is 0 Å². The van der Waals surface area contributed by atoms with Gasteiger partial charge in [-0.05, 0) is 49.9 Å². The summed E-state index contributed by atoms with van der Waals surface area (Å²) in [5, 5.41) is 10.8. The lowest BCUT2D eigenvalue weighted by atomic mass is 9.90. The van der Waals surface area contributed by atoms with Crippen LogP contribution in [0.1, 0.15) is 50.3 Å². The molecule has 2 fully saturated rings. The lowest BCUT2D eigenvalue weighted by Gasteiger charge is -2.32. The summed E-state index contributed by atoms with van der Waals surface area (Å²) in [5.41, 5.74) is 2.86. The first kappa shape index (κ1) is 17.6. The molecule has 5 heteroatoms. The van der Waals surface area contributed by atoms with E-state index >= 15 is 0 Å². The van der Waals surface area contributed by atoms with Gasteiger partial charge in [0.2, 0.25) is 0 Å². The third kappa shape index (κ3) is 3.24. The summed E-state index contributed by atoms with van der Waals surface area (Å²) in [5.74, 6) is 1.23. The Labute approximate surface area is 165 Å². The zero-order valence-electron chi connectivity index (χ0n) is 16.0. The van der Waals surface area contributed by atoms with Crippen LogP contribution < -0.4 is 16.0 Å². The maximum atomic E-state index is 13.1. The summed E-state index contributed by atoms with van der Waals surface area (Å²) in [6, 6.07) is 14.6. The smallest absolute Gasteiger partial charge is 0.253 e. The highest BCUT2D eigenvalue weighted by atomic mass is 16.3. The van der Waals surface area contributed by atoms with E-state index in [9.17, 15) is 4.79 Å². The molecular formula is C23H27N3O2. The molecule has 1 saturated carbocycles. The number of nitrogens with one attached hydrogen (secondary N) is 3. The molecule has 0 spiro atoms. The summed E-state index contributed by atoms with van der Waals surface area (Å²) in [6.07, 6.45) is 8.30. The minimum Gasteiger partial charge on any atom is -0.468 e. The van der Waals surface area contributed by atoms with Gasteiger partial charge in [0, 0.05) is 35.0 Å². The van der Waals surface area contributed by atoms with E-state index in [0.29, 0.717) is 12.1 Å². The Hall–Kier alpha value is -2.53. The van der Waals surface area contributed by atoms with Crippen molar-refractivity contribution in [2.75, 3.05) is 5.32 Å². The van der Waals surface area contributed by atoms with Gasteiger partial charge in [0.25, 0.3) is 5.91 Å². The van der Waals surface area contributed by atoms with Crippen molar-refractivity contribution in [1.82, 2.24) is 10.6 Å². The molecular weight excluding hydrogens is 350 g/mol. The third-order valence-corrected chi connectivity index (χ3v) is 6.46. The summed E-state index contributed by atoms with van der Waals surface area (Å²) in [6.45, 7) is 0. The molecule has 2 aromatic rings. The van der Waals surface area contributed by atoms with Crippen LogP contribution in [-0.2, 0) is 4.79 Å². The Balaban J connectivity index is 1.48. The van der Waals surface area contributed by atoms with Crippen LogP contribution >= 0.6 is 0 Å². The first-order valence-corrected chi connectivity index (χ1v) is 10.4. The molecule has 28 heavy (non-hydrogen) atoms. The van der Waals surface area contributed by atoms with Crippen LogP contribution in [0.25, 0.3) is 0 Å². The van der Waals surface area contributed by atoms with Crippen molar-refractivity contribution < 1.29 is 9.21 Å². The minimum absolute atomic E-state index is 0.0173. The van der Waals surface area contributed by atoms with Crippen molar-refractivity contribution in [2.24, 2.45) is 5.92 Å². The van der Waals surface area contributed by atoms with Crippen LogP contribution in [0.2, 0.25) is 0 Å². The van der Waals surface area contributed by atoms with Gasteiger partial charge < -0.3 is 20.4 Å². The van der Waals surface area contributed by atoms with Gasteiger partial charge in [-0.3, -0.25) is 4.79 Å². The number of amides is 1. The molecule has 1 saturated heterocycles. The number of carbonyl (C=O) groups is 1. The quantitative estimate of drug-likeness (QED) is 0.753. The lowest BCUT2D eigenvalue weighted by molar-refractivity contribution is -0.113. The van der Waals surface area contributed by atoms with E-state index in [-0.39, 0.29) is 17.9 Å². The standard InChI is InChI=1S/C23H27N3O2/c27-23(24-15-7-2-1-3-8-15)17-13-12-16-21(17)25-18-9-4-5-10-19(18)26-22(16)20-11-6-14-28-20/h1-3,6-8,11,14,16,18-19,22,25-26H,4-5,9-10,12-13H2,(H,24,27)/t16-,18-,19-,22+/m0/s1. The van der Waals surface area contributed by atoms with E-state index in [1.807, 2.05) is 36.4 Å². The molecule has 0 radical (unpaired) electrons. The van der Waals surface area contributed by atoms with Gasteiger partial charge >= 0.3 is 0 Å². The summed E-state index contributed by atoms with van der Waals surface area (Å²) >= 11 is 0. The predicted molar refractivity (Wildman–Crippen MR) is 109 cm³/mol. The summed E-state index contributed by atoms with van der Waals surface area (Å²) in [7, 11) is 0. The molecule has 1 aromatic carbocycles. The predicted octanol–water partition coefficient (Wildman–Crippen LogP) is 4.13. The van der Waals surface area contributed by atoms with Gasteiger partial charge in [-0.25, -0.2) is 0 Å². The molecule has 0 bridgehead atoms. The zero-order chi connectivity index (χ0) is 18.9. The van der Waals surface area contributed by atoms with E-state index in [2.05, 4.69) is 22.0 Å². The number of furan rings is 1. The van der Waals surface area contributed by atoms with Crippen LogP contribution in [0.15, 0.2) is 64.4 Å². The molecule has 1 aromatic heterocycles. The van der Waals surface area contributed by atoms with E-state index in [1.54, 1.807) is 6.26 Å². The molecule has 2 aliphatic carbocycles. The molecule has 146 valence electrons. The first-order valence-electron chi connectivity index (χ1n) is 10.4. The Bertz CT molecular complexity index is 859. The summed E-state index contributed by atoms with van der Waals surface area (Å²) in [4.78, 5) is 13.1. The van der Waals surface area contributed by atoms with Crippen molar-refractivity contribution in [3.63, 3.8) is 0 Å². The maximum Gasteiger partial charge on any atom is 0.253 e. The average Bonchev–Trinajstić information content (AvgIpc) is 3.36. The normalized spacial score (nSPS) is 29.4. The molecule has 0 unspecified atom stereocenters. The summed E-state index contributed by atoms with van der Waals surface area (Å²) < 4.78 is 5.79. The topological polar surface area (TPSA) is 66.3 Å². The second-order valence-electron chi connectivity index (χ2n) is 8.16. The van der Waals surface area contributed by atoms with Crippen molar-refractivity contribution in [1.29, 1.82) is 0 Å². The number of benzene rings is 1. The van der Waals surface area contributed by atoms with Crippen LogP contribution in [0.3, 0.4) is 0 Å². The number of anilines is 1. The monoisotopic (exact) mass is 377 g/mol. The Morgan fingerprint density at radius 1 is 1.00 bits per heavy atom. The van der Waals surface area contributed by atoms with Gasteiger partial charge in [-0.1, -0.05) is 31.0 Å². The average molecular weight is 377 g/mol. The van der Waals surface area contributed by atoms with E-state index in [0.717, 1.165) is 42.0 Å². The van der Waals surface area contributed by atoms with Crippen LogP contribution in [-0.4, -0.2) is 18.0 Å². The van der Waals surface area contributed by atoms with Crippen molar-refractivity contribution in [2.45, 2.75) is 56.7 Å². The van der Waals surface area contributed by atoms with Crippen LogP contribution in [0.4, 0.5) is 5.69 Å². The number of para-hydroxylation sites is 1. The number of hydrogen-bond acceptors (Lipinski definition) is 4. The molecule has 1 aliphatic heterocycles. The number of rotatable bonds is 3. The molecule has 4 atom stereocenters. The largest absolute Gasteiger partial charge is 0.468 e. The van der Waals surface area contributed by atoms with E-state index in [1.165, 1.54) is 19.3 Å². The second kappa shape index (κ2) is 7.47. The van der Waals surface area contributed by atoms with E-state index in [4.69, 9.17) is 4.42 Å². The highest BCUT2D eigenvalue weighted by Gasteiger charge is 2.43. The van der Waals surface area contributed by atoms with E-state index < -0.39 is 0 Å². The van der Waals surface area contributed by atoms with Crippen LogP contribution in [0.5, 0.6) is 0 Å². The fourth-order valence-corrected chi connectivity index (χ4v) is 5.09. The molecule has 1 amide bonds. The third-order valence-electron chi connectivity index (χ3n) is 6.46. The minimum atomic E-state index is 0.0173. The van der Waals surface area contributed by atoms with Crippen molar-refractivity contribution in [3.8, 4) is 0 Å². The molecule has 5 nitrogen and oxygen atoms in total. The van der Waals surface area contributed by atoms with Gasteiger partial charge in [0.1, 0.15) is 5.76 Å². The Kier molecular flexibility index (Phi) is 4.69. The van der Waals surface area contributed by atoms with Gasteiger partial charge in [0.15, 0.2) is 0 Å². The van der Waals surface area contributed by atoms with Crippen molar-refractivity contribution >= 4 is 11.6 Å². The fraction of sp³-hybridized carbons (Fsp3) is 0.435. The number of hydrogen-bond donors (Lipinski definition) is 3. The van der Waals surface area contributed by atoms with Gasteiger partial charge in [-0.15, -0.1) is 0 Å². The highest BCUT2D eigenvalue weighted by molar-refractivity contribution is 6.04. The number of carbonyl (C=O) groups excluding carboxylic acids is 1. The molecule has 3 N–H and O–H groups in total. The molecule has 3 aliphatic rings. The van der Waals surface area contributed by atoms with Crippen LogP contribution in [0, 0.1) is 5.92 Å². The Morgan fingerprint density at radius 2 is 1.82 bits per heavy atom. The fourth-order valence-electron chi connectivity index (χ4n) is 5.09. The SMILES string of the molecule is O=C(Nc1ccccc1)C1=C2N[C@H]3CCCC[C@@H]3N[C@@H](c3ccco3)[C@H]2CC1. The lowest BCUT2D eigenvalue weighted by Crippen LogP contribution is -2.47. The van der Waals surface area contributed by atoms with Crippen molar-refractivity contribution in [3.05, 3.63) is 65.8 Å². The zero-order valence-corrected chi connectivity index (χ0v) is 16.0. The van der Waals surface area contributed by atoms with Gasteiger partial charge in [0.05, 0.1) is 12.3 Å². The molecule has 2 heterocycles. The number of fused-ring (bicyclic) bond motifs is 2. The highest BCUT2D eigenvalue weighted by Crippen LogP contribution is 2.43. The Morgan fingerprint density at radius 3 is 2.61 bits per heavy atom.